The van der Waals surface area contributed by atoms with Gasteiger partial charge in [-0.1, -0.05) is 31.8 Å². The first-order chi connectivity index (χ1) is 8.09. The van der Waals surface area contributed by atoms with Crippen LogP contribution >= 0.6 is 0 Å². The summed E-state index contributed by atoms with van der Waals surface area (Å²) in [7, 11) is 0. The van der Waals surface area contributed by atoms with Crippen LogP contribution in [0.4, 0.5) is 0 Å². The van der Waals surface area contributed by atoms with Crippen LogP contribution < -0.4 is 0 Å². The molecule has 1 aromatic rings. The molecule has 5 heteroatoms. The maximum Gasteiger partial charge on any atom is 0.307 e. The number of rotatable bonds is 3. The van der Waals surface area contributed by atoms with Gasteiger partial charge in [-0.3, -0.25) is 4.79 Å². The third kappa shape index (κ3) is 2.48. The minimum Gasteiger partial charge on any atom is -0.481 e. The van der Waals surface area contributed by atoms with Crippen LogP contribution in [0.15, 0.2) is 4.52 Å². The molecule has 1 aliphatic carbocycles. The summed E-state index contributed by atoms with van der Waals surface area (Å²) in [5, 5.41) is 13.1. The average molecular weight is 238 g/mol. The number of aliphatic carboxylic acids is 1. The molecule has 2 unspecified atom stereocenters. The van der Waals surface area contributed by atoms with Crippen LogP contribution in [-0.2, 0) is 4.79 Å². The van der Waals surface area contributed by atoms with Gasteiger partial charge < -0.3 is 9.63 Å². The van der Waals surface area contributed by atoms with Crippen molar-refractivity contribution >= 4 is 5.97 Å². The van der Waals surface area contributed by atoms with E-state index in [2.05, 4.69) is 10.1 Å². The Hall–Kier alpha value is -1.39. The fourth-order valence-corrected chi connectivity index (χ4v) is 2.35. The third-order valence-corrected chi connectivity index (χ3v) is 3.37. The zero-order chi connectivity index (χ0) is 12.4. The highest BCUT2D eigenvalue weighted by Gasteiger charge is 2.35. The molecule has 1 fully saturated rings. The molecule has 0 saturated heterocycles. The highest BCUT2D eigenvalue weighted by Crippen LogP contribution is 2.37. The van der Waals surface area contributed by atoms with Gasteiger partial charge >= 0.3 is 5.97 Å². The molecular weight excluding hydrogens is 220 g/mol. The summed E-state index contributed by atoms with van der Waals surface area (Å²) in [6.45, 7) is 3.98. The molecule has 1 saturated carbocycles. The Morgan fingerprint density at radius 3 is 2.71 bits per heavy atom. The van der Waals surface area contributed by atoms with Gasteiger partial charge in [0.2, 0.25) is 5.89 Å². The first kappa shape index (κ1) is 12.1. The van der Waals surface area contributed by atoms with Crippen LogP contribution in [0, 0.1) is 5.92 Å². The molecule has 0 radical (unpaired) electrons. The van der Waals surface area contributed by atoms with Crippen LogP contribution in [0.3, 0.4) is 0 Å². The Kier molecular flexibility index (Phi) is 3.45. The molecule has 0 aliphatic heterocycles. The molecule has 94 valence electrons. The normalized spacial score (nSPS) is 25.1. The Morgan fingerprint density at radius 1 is 1.41 bits per heavy atom. The van der Waals surface area contributed by atoms with Gasteiger partial charge in [0.05, 0.1) is 11.8 Å². The minimum absolute atomic E-state index is 0.110. The van der Waals surface area contributed by atoms with E-state index in [0.717, 1.165) is 19.3 Å². The Balaban J connectivity index is 2.20. The molecule has 1 N–H and O–H groups in total. The Labute approximate surface area is 100 Å². The van der Waals surface area contributed by atoms with E-state index in [4.69, 9.17) is 4.52 Å². The number of nitrogens with zero attached hydrogens (tertiary/aromatic N) is 2. The monoisotopic (exact) mass is 238 g/mol. The summed E-state index contributed by atoms with van der Waals surface area (Å²) in [5.41, 5.74) is 0. The van der Waals surface area contributed by atoms with Crippen molar-refractivity contribution in [3.05, 3.63) is 11.7 Å². The van der Waals surface area contributed by atoms with Gasteiger partial charge in [0, 0.05) is 5.92 Å². The summed E-state index contributed by atoms with van der Waals surface area (Å²) < 4.78 is 5.22. The van der Waals surface area contributed by atoms with E-state index in [0.29, 0.717) is 18.1 Å². The molecule has 1 heterocycles. The minimum atomic E-state index is -0.751. The second-order valence-electron chi connectivity index (χ2n) is 4.98. The van der Waals surface area contributed by atoms with E-state index in [-0.39, 0.29) is 17.8 Å². The van der Waals surface area contributed by atoms with Crippen molar-refractivity contribution < 1.29 is 14.4 Å². The summed E-state index contributed by atoms with van der Waals surface area (Å²) in [4.78, 5) is 15.5. The van der Waals surface area contributed by atoms with E-state index in [1.807, 2.05) is 13.8 Å². The van der Waals surface area contributed by atoms with Gasteiger partial charge in [-0.25, -0.2) is 0 Å². The highest BCUT2D eigenvalue weighted by atomic mass is 16.5. The zero-order valence-corrected chi connectivity index (χ0v) is 10.2. The maximum atomic E-state index is 11.2. The molecule has 1 aliphatic rings. The highest BCUT2D eigenvalue weighted by molar-refractivity contribution is 5.71. The van der Waals surface area contributed by atoms with Gasteiger partial charge in [0.1, 0.15) is 0 Å². The number of hydrogen-bond donors (Lipinski definition) is 1. The van der Waals surface area contributed by atoms with Crippen LogP contribution in [0.25, 0.3) is 0 Å². The van der Waals surface area contributed by atoms with Crippen LogP contribution in [0.1, 0.15) is 63.1 Å². The van der Waals surface area contributed by atoms with Crippen molar-refractivity contribution in [1.29, 1.82) is 0 Å². The Morgan fingerprint density at radius 2 is 2.12 bits per heavy atom. The molecule has 0 aromatic carbocycles. The lowest BCUT2D eigenvalue weighted by Crippen LogP contribution is -2.25. The number of carbonyl (C=O) groups is 1. The average Bonchev–Trinajstić information content (AvgIpc) is 2.78. The SMILES string of the molecule is CC(C)c1noc(C2CCCCC2C(=O)O)n1. The van der Waals surface area contributed by atoms with Gasteiger partial charge in [-0.05, 0) is 12.8 Å². The largest absolute Gasteiger partial charge is 0.481 e. The number of carboxylic acid groups (broad SMARTS) is 1. The molecule has 0 bridgehead atoms. The first-order valence-electron chi connectivity index (χ1n) is 6.16. The number of carboxylic acids is 1. The van der Waals surface area contributed by atoms with Crippen molar-refractivity contribution in [2.45, 2.75) is 51.4 Å². The van der Waals surface area contributed by atoms with E-state index < -0.39 is 5.97 Å². The predicted octanol–water partition coefficient (Wildman–Crippen LogP) is 2.55. The van der Waals surface area contributed by atoms with Crippen molar-refractivity contribution in [2.75, 3.05) is 0 Å². The quantitative estimate of drug-likeness (QED) is 0.875. The molecule has 2 rings (SSSR count). The van der Waals surface area contributed by atoms with E-state index in [9.17, 15) is 9.90 Å². The van der Waals surface area contributed by atoms with Crippen molar-refractivity contribution in [3.8, 4) is 0 Å². The van der Waals surface area contributed by atoms with E-state index in [1.165, 1.54) is 0 Å². The standard InChI is InChI=1S/C12H18N2O3/c1-7(2)10-13-11(17-14-10)8-5-3-4-6-9(8)12(15)16/h7-9H,3-6H2,1-2H3,(H,15,16). The lowest BCUT2D eigenvalue weighted by molar-refractivity contribution is -0.143. The van der Waals surface area contributed by atoms with Gasteiger partial charge in [-0.15, -0.1) is 0 Å². The summed E-state index contributed by atoms with van der Waals surface area (Å²) >= 11 is 0. The summed E-state index contributed by atoms with van der Waals surface area (Å²) in [5.74, 6) is 0.138. The van der Waals surface area contributed by atoms with Crippen molar-refractivity contribution in [1.82, 2.24) is 10.1 Å². The van der Waals surface area contributed by atoms with E-state index >= 15 is 0 Å². The number of hydrogen-bond acceptors (Lipinski definition) is 4. The second kappa shape index (κ2) is 4.85. The summed E-state index contributed by atoms with van der Waals surface area (Å²) in [6.07, 6.45) is 3.54. The first-order valence-corrected chi connectivity index (χ1v) is 6.16. The summed E-state index contributed by atoms with van der Waals surface area (Å²) in [6, 6.07) is 0. The molecule has 2 atom stereocenters. The van der Waals surface area contributed by atoms with E-state index in [1.54, 1.807) is 0 Å². The van der Waals surface area contributed by atoms with Crippen LogP contribution in [-0.4, -0.2) is 21.2 Å². The molecule has 1 aromatic heterocycles. The third-order valence-electron chi connectivity index (χ3n) is 3.37. The topological polar surface area (TPSA) is 76.2 Å². The zero-order valence-electron chi connectivity index (χ0n) is 10.2. The van der Waals surface area contributed by atoms with Gasteiger partial charge in [-0.2, -0.15) is 4.98 Å². The van der Waals surface area contributed by atoms with Gasteiger partial charge in [0.25, 0.3) is 0 Å². The fraction of sp³-hybridized carbons (Fsp3) is 0.750. The van der Waals surface area contributed by atoms with Crippen LogP contribution in [0.2, 0.25) is 0 Å². The fourth-order valence-electron chi connectivity index (χ4n) is 2.35. The molecule has 0 spiro atoms. The Bertz CT molecular complexity index is 400. The second-order valence-corrected chi connectivity index (χ2v) is 4.98. The molecule has 5 nitrogen and oxygen atoms in total. The van der Waals surface area contributed by atoms with Crippen molar-refractivity contribution in [2.24, 2.45) is 5.92 Å². The predicted molar refractivity (Wildman–Crippen MR) is 60.7 cm³/mol. The smallest absolute Gasteiger partial charge is 0.307 e. The number of aromatic nitrogens is 2. The van der Waals surface area contributed by atoms with Crippen LogP contribution in [0.5, 0.6) is 0 Å². The van der Waals surface area contributed by atoms with Gasteiger partial charge in [0.15, 0.2) is 5.82 Å². The lowest BCUT2D eigenvalue weighted by atomic mass is 9.79. The molecule has 0 amide bonds. The van der Waals surface area contributed by atoms with Crippen molar-refractivity contribution in [3.63, 3.8) is 0 Å². The molecule has 17 heavy (non-hydrogen) atoms. The molecular formula is C12H18N2O3. The maximum absolute atomic E-state index is 11.2. The lowest BCUT2D eigenvalue weighted by Gasteiger charge is -2.25.